The van der Waals surface area contributed by atoms with Gasteiger partial charge in [0.05, 0.1) is 12.7 Å². The number of hydrogen-bond donors (Lipinski definition) is 3. The van der Waals surface area contributed by atoms with Crippen LogP contribution < -0.4 is 16.0 Å². The third-order valence-electron chi connectivity index (χ3n) is 5.29. The molecule has 1 aromatic heterocycles. The number of rotatable bonds is 9. The van der Waals surface area contributed by atoms with Crippen LogP contribution in [-0.2, 0) is 17.7 Å². The molecule has 1 aliphatic rings. The van der Waals surface area contributed by atoms with Crippen molar-refractivity contribution in [3.05, 3.63) is 53.1 Å². The maximum absolute atomic E-state index is 12.6. The van der Waals surface area contributed by atoms with Crippen molar-refractivity contribution in [1.29, 1.82) is 0 Å². The number of aliphatic hydroxyl groups is 1. The molecule has 1 unspecified atom stereocenters. The summed E-state index contributed by atoms with van der Waals surface area (Å²) in [6, 6.07) is 11.6. The molecule has 1 amide bonds. The highest BCUT2D eigenvalue weighted by atomic mass is 16.5. The number of carbonyl (C=O) groups excluding carboxylic acids is 1. The van der Waals surface area contributed by atoms with Gasteiger partial charge in [-0.2, -0.15) is 0 Å². The van der Waals surface area contributed by atoms with Crippen LogP contribution in [0.2, 0.25) is 0 Å². The van der Waals surface area contributed by atoms with Crippen molar-refractivity contribution in [2.24, 2.45) is 0 Å². The van der Waals surface area contributed by atoms with E-state index in [0.29, 0.717) is 31.1 Å². The van der Waals surface area contributed by atoms with Gasteiger partial charge >= 0.3 is 0 Å². The van der Waals surface area contributed by atoms with Gasteiger partial charge in [-0.05, 0) is 29.7 Å². The molecule has 0 aliphatic carbocycles. The van der Waals surface area contributed by atoms with Gasteiger partial charge in [0, 0.05) is 52.4 Å². The number of aliphatic hydroxyl groups excluding tert-OH is 1. The van der Waals surface area contributed by atoms with Crippen molar-refractivity contribution in [2.75, 3.05) is 57.6 Å². The number of fused-ring (bicyclic) bond motifs is 1. The van der Waals surface area contributed by atoms with Crippen molar-refractivity contribution in [3.8, 4) is 0 Å². The molecule has 30 heavy (non-hydrogen) atoms. The molecule has 162 valence electrons. The van der Waals surface area contributed by atoms with Crippen molar-refractivity contribution in [3.63, 3.8) is 0 Å². The number of nitrogen functional groups attached to an aromatic ring is 1. The lowest BCUT2D eigenvalue weighted by Crippen LogP contribution is -2.42. The topological polar surface area (TPSA) is 104 Å². The lowest BCUT2D eigenvalue weighted by Gasteiger charge is -2.30. The highest BCUT2D eigenvalue weighted by Gasteiger charge is 2.19. The quantitative estimate of drug-likeness (QED) is 0.561. The van der Waals surface area contributed by atoms with Crippen LogP contribution in [0.5, 0.6) is 0 Å². The molecule has 8 nitrogen and oxygen atoms in total. The number of anilines is 2. The Bertz CT molecular complexity index is 860. The van der Waals surface area contributed by atoms with Gasteiger partial charge in [-0.25, -0.2) is 4.98 Å². The Morgan fingerprint density at radius 3 is 2.90 bits per heavy atom. The Balaban J connectivity index is 1.52. The first-order chi connectivity index (χ1) is 14.5. The van der Waals surface area contributed by atoms with E-state index in [1.54, 1.807) is 13.2 Å². The highest BCUT2D eigenvalue weighted by Crippen LogP contribution is 2.18. The molecule has 1 aliphatic heterocycles. The molecule has 2 heterocycles. The number of carbonyl (C=O) groups is 1. The van der Waals surface area contributed by atoms with Crippen LogP contribution in [0.1, 0.15) is 21.5 Å². The summed E-state index contributed by atoms with van der Waals surface area (Å²) in [4.78, 5) is 20.9. The van der Waals surface area contributed by atoms with E-state index in [2.05, 4.69) is 33.4 Å². The summed E-state index contributed by atoms with van der Waals surface area (Å²) in [7, 11) is 3.50. The minimum Gasteiger partial charge on any atom is -0.390 e. The maximum Gasteiger partial charge on any atom is 0.251 e. The lowest BCUT2D eigenvalue weighted by molar-refractivity contribution is 0.0842. The SMILES string of the molecule is COCCN(C)c1cc(C(=O)NCC(O)CN2CCc3ccccc3C2)cc(N)n1. The molecule has 3 rings (SSSR count). The number of ether oxygens (including phenoxy) is 1. The summed E-state index contributed by atoms with van der Waals surface area (Å²) in [6.07, 6.45) is 0.326. The number of amides is 1. The molecule has 1 aromatic carbocycles. The zero-order valence-electron chi connectivity index (χ0n) is 17.7. The molecule has 0 saturated carbocycles. The molecule has 4 N–H and O–H groups in total. The first-order valence-corrected chi connectivity index (χ1v) is 10.2. The van der Waals surface area contributed by atoms with E-state index in [4.69, 9.17) is 10.5 Å². The molecule has 0 fully saturated rings. The van der Waals surface area contributed by atoms with Gasteiger partial charge in [0.2, 0.25) is 0 Å². The molecule has 0 spiro atoms. The zero-order chi connectivity index (χ0) is 21.5. The fraction of sp³-hybridized carbons (Fsp3) is 0.455. The Labute approximate surface area is 177 Å². The number of methoxy groups -OCH3 is 1. The normalized spacial score (nSPS) is 14.8. The molecule has 0 saturated heterocycles. The van der Waals surface area contributed by atoms with Crippen LogP contribution in [-0.4, -0.2) is 73.9 Å². The summed E-state index contributed by atoms with van der Waals surface area (Å²) >= 11 is 0. The fourth-order valence-corrected chi connectivity index (χ4v) is 3.59. The first kappa shape index (κ1) is 22.0. The standard InChI is InChI=1S/C22H31N5O3/c1-26(9-10-30-2)21-12-18(11-20(23)25-21)22(29)24-13-19(28)15-27-8-7-16-5-3-4-6-17(16)14-27/h3-6,11-12,19,28H,7-10,13-15H2,1-2H3,(H2,23,25)(H,24,29). The first-order valence-electron chi connectivity index (χ1n) is 10.2. The van der Waals surface area contributed by atoms with Gasteiger partial charge in [-0.1, -0.05) is 24.3 Å². The number of pyridine rings is 1. The average Bonchev–Trinajstić information content (AvgIpc) is 2.75. The van der Waals surface area contributed by atoms with Crippen LogP contribution in [0.3, 0.4) is 0 Å². The minimum atomic E-state index is -0.651. The van der Waals surface area contributed by atoms with Gasteiger partial charge in [0.1, 0.15) is 11.6 Å². The second-order valence-corrected chi connectivity index (χ2v) is 7.67. The average molecular weight is 414 g/mol. The maximum atomic E-state index is 12.6. The van der Waals surface area contributed by atoms with Crippen LogP contribution >= 0.6 is 0 Å². The van der Waals surface area contributed by atoms with Crippen LogP contribution in [0.15, 0.2) is 36.4 Å². The number of nitrogens with one attached hydrogen (secondary N) is 1. The summed E-state index contributed by atoms with van der Waals surface area (Å²) in [5.74, 6) is 0.590. The van der Waals surface area contributed by atoms with E-state index in [1.807, 2.05) is 18.0 Å². The van der Waals surface area contributed by atoms with Crippen molar-refractivity contribution in [2.45, 2.75) is 19.1 Å². The van der Waals surface area contributed by atoms with Crippen molar-refractivity contribution >= 4 is 17.5 Å². The van der Waals surface area contributed by atoms with Crippen LogP contribution in [0.4, 0.5) is 11.6 Å². The van der Waals surface area contributed by atoms with E-state index in [9.17, 15) is 9.90 Å². The van der Waals surface area contributed by atoms with Gasteiger partial charge < -0.3 is 25.8 Å². The number of benzene rings is 1. The van der Waals surface area contributed by atoms with E-state index in [1.165, 1.54) is 17.2 Å². The van der Waals surface area contributed by atoms with E-state index < -0.39 is 6.10 Å². The summed E-state index contributed by atoms with van der Waals surface area (Å²) in [6.45, 7) is 3.58. The van der Waals surface area contributed by atoms with Gasteiger partial charge in [0.25, 0.3) is 5.91 Å². The number of hydrogen-bond acceptors (Lipinski definition) is 7. The summed E-state index contributed by atoms with van der Waals surface area (Å²) in [5, 5.41) is 13.2. The molecule has 1 atom stereocenters. The van der Waals surface area contributed by atoms with Crippen LogP contribution in [0.25, 0.3) is 0 Å². The van der Waals surface area contributed by atoms with Crippen molar-refractivity contribution < 1.29 is 14.6 Å². The number of likely N-dealkylation sites (N-methyl/N-ethyl adjacent to an activating group) is 1. The van der Waals surface area contributed by atoms with E-state index in [0.717, 1.165) is 19.5 Å². The third-order valence-corrected chi connectivity index (χ3v) is 5.29. The molecular formula is C22H31N5O3. The summed E-state index contributed by atoms with van der Waals surface area (Å²) in [5.41, 5.74) is 8.97. The number of aromatic nitrogens is 1. The summed E-state index contributed by atoms with van der Waals surface area (Å²) < 4.78 is 5.08. The second kappa shape index (κ2) is 10.4. The van der Waals surface area contributed by atoms with Gasteiger partial charge in [0.15, 0.2) is 0 Å². The Kier molecular flexibility index (Phi) is 7.62. The molecule has 0 bridgehead atoms. The van der Waals surface area contributed by atoms with Gasteiger partial charge in [-0.3, -0.25) is 9.69 Å². The largest absolute Gasteiger partial charge is 0.390 e. The molecular weight excluding hydrogens is 382 g/mol. The Hall–Kier alpha value is -2.68. The minimum absolute atomic E-state index is 0.175. The predicted octanol–water partition coefficient (Wildman–Crippen LogP) is 0.895. The number of nitrogens with zero attached hydrogens (tertiary/aromatic N) is 3. The second-order valence-electron chi connectivity index (χ2n) is 7.67. The molecule has 2 aromatic rings. The number of nitrogens with two attached hydrogens (primary N) is 1. The Morgan fingerprint density at radius 2 is 2.13 bits per heavy atom. The predicted molar refractivity (Wildman–Crippen MR) is 118 cm³/mol. The highest BCUT2D eigenvalue weighted by molar-refractivity contribution is 5.95. The lowest BCUT2D eigenvalue weighted by atomic mass is 10.00. The number of β-amino-alcohol motifs (C(OH)–C–C–N with tert-alkyl or cyclic N) is 1. The third kappa shape index (κ3) is 5.91. The van der Waals surface area contributed by atoms with Crippen LogP contribution in [0, 0.1) is 0 Å². The molecule has 0 radical (unpaired) electrons. The fourth-order valence-electron chi connectivity index (χ4n) is 3.59. The monoisotopic (exact) mass is 413 g/mol. The Morgan fingerprint density at radius 1 is 1.37 bits per heavy atom. The zero-order valence-corrected chi connectivity index (χ0v) is 17.7. The smallest absolute Gasteiger partial charge is 0.251 e. The van der Waals surface area contributed by atoms with Gasteiger partial charge in [-0.15, -0.1) is 0 Å². The van der Waals surface area contributed by atoms with Crippen molar-refractivity contribution in [1.82, 2.24) is 15.2 Å². The molecule has 8 heteroatoms. The van der Waals surface area contributed by atoms with E-state index >= 15 is 0 Å². The van der Waals surface area contributed by atoms with E-state index in [-0.39, 0.29) is 18.3 Å².